The Hall–Kier alpha value is -2.48. The van der Waals surface area contributed by atoms with Gasteiger partial charge in [0.05, 0.1) is 11.4 Å². The second-order valence-electron chi connectivity index (χ2n) is 7.31. The smallest absolute Gasteiger partial charge is 0.243 e. The van der Waals surface area contributed by atoms with Crippen molar-refractivity contribution in [1.29, 1.82) is 0 Å². The maximum absolute atomic E-state index is 13.3. The van der Waals surface area contributed by atoms with Gasteiger partial charge in [0.1, 0.15) is 0 Å². The normalized spacial score (nSPS) is 11.5. The van der Waals surface area contributed by atoms with E-state index in [1.807, 2.05) is 55.5 Å². The van der Waals surface area contributed by atoms with Crippen LogP contribution < -0.4 is 5.32 Å². The van der Waals surface area contributed by atoms with Gasteiger partial charge in [-0.15, -0.1) is 0 Å². The summed E-state index contributed by atoms with van der Waals surface area (Å²) in [4.78, 5) is 12.9. The van der Waals surface area contributed by atoms with E-state index in [-0.39, 0.29) is 18.0 Å². The van der Waals surface area contributed by atoms with Crippen LogP contribution in [0, 0.1) is 6.92 Å². The molecular formula is C24H25BrN2O3S. The maximum atomic E-state index is 13.3. The first-order chi connectivity index (χ1) is 14.8. The predicted octanol–water partition coefficient (Wildman–Crippen LogP) is 5.15. The first-order valence-electron chi connectivity index (χ1n) is 9.98. The molecule has 0 atom stereocenters. The Balaban J connectivity index is 1.84. The van der Waals surface area contributed by atoms with Crippen LogP contribution in [-0.4, -0.2) is 25.2 Å². The minimum Gasteiger partial charge on any atom is -0.325 e. The summed E-state index contributed by atoms with van der Waals surface area (Å²) in [6, 6.07) is 21.5. The molecule has 3 aromatic carbocycles. The average Bonchev–Trinajstić information content (AvgIpc) is 2.75. The van der Waals surface area contributed by atoms with Crippen LogP contribution in [0.15, 0.2) is 82.2 Å². The van der Waals surface area contributed by atoms with Crippen LogP contribution in [0.3, 0.4) is 0 Å². The van der Waals surface area contributed by atoms with E-state index in [4.69, 9.17) is 0 Å². The molecule has 0 bridgehead atoms. The number of aryl methyl sites for hydroxylation is 2. The van der Waals surface area contributed by atoms with Crippen LogP contribution in [0.1, 0.15) is 23.6 Å². The third kappa shape index (κ3) is 6.26. The lowest BCUT2D eigenvalue weighted by Crippen LogP contribution is -2.37. The Morgan fingerprint density at radius 2 is 1.48 bits per heavy atom. The number of sulfonamides is 1. The monoisotopic (exact) mass is 500 g/mol. The average molecular weight is 501 g/mol. The van der Waals surface area contributed by atoms with E-state index in [2.05, 4.69) is 28.2 Å². The van der Waals surface area contributed by atoms with Crippen molar-refractivity contribution < 1.29 is 13.2 Å². The molecule has 0 aliphatic heterocycles. The molecule has 0 heterocycles. The van der Waals surface area contributed by atoms with Gasteiger partial charge in [-0.25, -0.2) is 8.42 Å². The maximum Gasteiger partial charge on any atom is 0.243 e. The summed E-state index contributed by atoms with van der Waals surface area (Å²) >= 11 is 3.39. The molecule has 0 aliphatic carbocycles. The number of carbonyl (C=O) groups excluding carboxylic acids is 1. The highest BCUT2D eigenvalue weighted by Gasteiger charge is 2.27. The first kappa shape index (κ1) is 23.2. The number of nitrogens with zero attached hydrogens (tertiary/aromatic N) is 1. The summed E-state index contributed by atoms with van der Waals surface area (Å²) in [5, 5.41) is 2.80. The fourth-order valence-corrected chi connectivity index (χ4v) is 4.71. The number of anilines is 1. The Bertz CT molecular complexity index is 1130. The van der Waals surface area contributed by atoms with E-state index in [9.17, 15) is 13.2 Å². The van der Waals surface area contributed by atoms with Crippen molar-refractivity contribution in [2.24, 2.45) is 0 Å². The van der Waals surface area contributed by atoms with E-state index in [0.29, 0.717) is 5.69 Å². The molecule has 1 N–H and O–H groups in total. The molecule has 0 saturated carbocycles. The van der Waals surface area contributed by atoms with E-state index in [0.717, 1.165) is 27.6 Å². The summed E-state index contributed by atoms with van der Waals surface area (Å²) < 4.78 is 28.8. The molecule has 162 valence electrons. The summed E-state index contributed by atoms with van der Waals surface area (Å²) in [5.74, 6) is -0.392. The van der Waals surface area contributed by atoms with E-state index in [1.54, 1.807) is 24.3 Å². The standard InChI is InChI=1S/C24H25BrN2O3S/c1-3-19-8-12-22(13-9-19)26-24(28)17-27(16-20-6-10-21(25)11-7-20)31(29,30)23-14-4-18(2)5-15-23/h4-15H,3,16-17H2,1-2H3,(H,26,28). The van der Waals surface area contributed by atoms with Crippen molar-refractivity contribution in [1.82, 2.24) is 4.31 Å². The summed E-state index contributed by atoms with van der Waals surface area (Å²) in [5.41, 5.74) is 3.56. The summed E-state index contributed by atoms with van der Waals surface area (Å²) in [6.07, 6.45) is 0.907. The largest absolute Gasteiger partial charge is 0.325 e. The van der Waals surface area contributed by atoms with E-state index >= 15 is 0 Å². The number of benzene rings is 3. The first-order valence-corrected chi connectivity index (χ1v) is 12.2. The van der Waals surface area contributed by atoms with E-state index < -0.39 is 15.9 Å². The summed E-state index contributed by atoms with van der Waals surface area (Å²) in [6.45, 7) is 3.75. The van der Waals surface area contributed by atoms with Gasteiger partial charge in [0.25, 0.3) is 0 Å². The second kappa shape index (κ2) is 10.2. The highest BCUT2D eigenvalue weighted by molar-refractivity contribution is 9.10. The molecule has 0 radical (unpaired) electrons. The Labute approximate surface area is 192 Å². The third-order valence-corrected chi connectivity index (χ3v) is 7.23. The van der Waals surface area contributed by atoms with Gasteiger partial charge >= 0.3 is 0 Å². The van der Waals surface area contributed by atoms with Gasteiger partial charge in [0, 0.05) is 16.7 Å². The zero-order valence-corrected chi connectivity index (χ0v) is 19.9. The fraction of sp³-hybridized carbons (Fsp3) is 0.208. The van der Waals surface area contributed by atoms with Crippen molar-refractivity contribution in [3.8, 4) is 0 Å². The molecule has 0 fully saturated rings. The SMILES string of the molecule is CCc1ccc(NC(=O)CN(Cc2ccc(Br)cc2)S(=O)(=O)c2ccc(C)cc2)cc1. The van der Waals surface area contributed by atoms with Crippen molar-refractivity contribution in [3.63, 3.8) is 0 Å². The number of carbonyl (C=O) groups is 1. The Morgan fingerprint density at radius 1 is 0.903 bits per heavy atom. The molecule has 0 aliphatic rings. The van der Waals surface area contributed by atoms with Gasteiger partial charge in [-0.05, 0) is 60.9 Å². The van der Waals surface area contributed by atoms with Crippen molar-refractivity contribution in [3.05, 3.63) is 94.0 Å². The lowest BCUT2D eigenvalue weighted by molar-refractivity contribution is -0.116. The molecule has 0 spiro atoms. The molecule has 0 unspecified atom stereocenters. The topological polar surface area (TPSA) is 66.5 Å². The molecule has 3 aromatic rings. The van der Waals surface area contributed by atoms with E-state index in [1.165, 1.54) is 4.31 Å². The van der Waals surface area contributed by atoms with Gasteiger partial charge in [-0.2, -0.15) is 4.31 Å². The van der Waals surface area contributed by atoms with Gasteiger partial charge in [-0.1, -0.05) is 64.8 Å². The number of rotatable bonds is 8. The molecule has 5 nitrogen and oxygen atoms in total. The zero-order chi connectivity index (χ0) is 22.4. The Kier molecular flexibility index (Phi) is 7.64. The highest BCUT2D eigenvalue weighted by atomic mass is 79.9. The van der Waals surface area contributed by atoms with Gasteiger partial charge in [0.2, 0.25) is 15.9 Å². The fourth-order valence-electron chi connectivity index (χ4n) is 3.06. The van der Waals surface area contributed by atoms with Crippen LogP contribution in [0.25, 0.3) is 0 Å². The second-order valence-corrected chi connectivity index (χ2v) is 10.2. The quantitative estimate of drug-likeness (QED) is 0.464. The van der Waals surface area contributed by atoms with Crippen molar-refractivity contribution >= 4 is 37.5 Å². The van der Waals surface area contributed by atoms with Crippen LogP contribution >= 0.6 is 15.9 Å². The van der Waals surface area contributed by atoms with Crippen LogP contribution in [0.5, 0.6) is 0 Å². The number of amides is 1. The van der Waals surface area contributed by atoms with Crippen LogP contribution in [0.4, 0.5) is 5.69 Å². The van der Waals surface area contributed by atoms with Crippen LogP contribution in [-0.2, 0) is 27.8 Å². The predicted molar refractivity (Wildman–Crippen MR) is 127 cm³/mol. The lowest BCUT2D eigenvalue weighted by Gasteiger charge is -2.22. The molecule has 7 heteroatoms. The third-order valence-electron chi connectivity index (χ3n) is 4.90. The lowest BCUT2D eigenvalue weighted by atomic mass is 10.1. The minimum atomic E-state index is -3.86. The van der Waals surface area contributed by atoms with Crippen LogP contribution in [0.2, 0.25) is 0 Å². The number of hydrogen-bond donors (Lipinski definition) is 1. The van der Waals surface area contributed by atoms with Crippen molar-refractivity contribution in [2.75, 3.05) is 11.9 Å². The number of nitrogens with one attached hydrogen (secondary N) is 1. The Morgan fingerprint density at radius 3 is 2.06 bits per heavy atom. The van der Waals surface area contributed by atoms with Gasteiger partial charge in [0.15, 0.2) is 0 Å². The van der Waals surface area contributed by atoms with Crippen molar-refractivity contribution in [2.45, 2.75) is 31.7 Å². The summed E-state index contributed by atoms with van der Waals surface area (Å²) in [7, 11) is -3.86. The molecule has 1 amide bonds. The van der Waals surface area contributed by atoms with Gasteiger partial charge in [-0.3, -0.25) is 4.79 Å². The van der Waals surface area contributed by atoms with Gasteiger partial charge < -0.3 is 5.32 Å². The number of hydrogen-bond acceptors (Lipinski definition) is 3. The molecule has 0 aromatic heterocycles. The number of halogens is 1. The highest BCUT2D eigenvalue weighted by Crippen LogP contribution is 2.20. The molecule has 3 rings (SSSR count). The minimum absolute atomic E-state index is 0.0890. The molecule has 0 saturated heterocycles. The molecule has 31 heavy (non-hydrogen) atoms. The molecular weight excluding hydrogens is 476 g/mol. The zero-order valence-electron chi connectivity index (χ0n) is 17.5.